The van der Waals surface area contributed by atoms with Crippen molar-refractivity contribution >= 4 is 0 Å². The smallest absolute Gasteiger partial charge is 0.0596 e. The van der Waals surface area contributed by atoms with Crippen LogP contribution in [0.25, 0.3) is 0 Å². The number of methoxy groups -OCH3 is 2. The number of hydrogen-bond acceptors (Lipinski definition) is 2. The van der Waals surface area contributed by atoms with Gasteiger partial charge in [0.25, 0.3) is 0 Å². The second-order valence-corrected chi connectivity index (χ2v) is 3.86. The molecular formula is C12H26O2. The molecule has 2 heteroatoms. The molecule has 0 spiro atoms. The fourth-order valence-electron chi connectivity index (χ4n) is 1.68. The average molecular weight is 202 g/mol. The summed E-state index contributed by atoms with van der Waals surface area (Å²) in [6.07, 6.45) is 7.88. The second kappa shape index (κ2) is 9.47. The third-order valence-electron chi connectivity index (χ3n) is 2.78. The van der Waals surface area contributed by atoms with Gasteiger partial charge < -0.3 is 9.47 Å². The fourth-order valence-corrected chi connectivity index (χ4v) is 1.68. The Morgan fingerprint density at radius 1 is 0.929 bits per heavy atom. The molecule has 0 heterocycles. The Bertz CT molecular complexity index is 111. The van der Waals surface area contributed by atoms with Crippen LogP contribution in [0.3, 0.4) is 0 Å². The van der Waals surface area contributed by atoms with Crippen LogP contribution in [0.2, 0.25) is 0 Å². The minimum absolute atomic E-state index is 0.363. The first-order valence-electron chi connectivity index (χ1n) is 5.84. The van der Waals surface area contributed by atoms with Crippen molar-refractivity contribution in [1.82, 2.24) is 0 Å². The van der Waals surface area contributed by atoms with Crippen molar-refractivity contribution in [3.8, 4) is 0 Å². The Kier molecular flexibility index (Phi) is 9.42. The summed E-state index contributed by atoms with van der Waals surface area (Å²) < 4.78 is 10.8. The predicted molar refractivity (Wildman–Crippen MR) is 60.6 cm³/mol. The van der Waals surface area contributed by atoms with E-state index in [1.54, 1.807) is 14.2 Å². The summed E-state index contributed by atoms with van der Waals surface area (Å²) in [5.74, 6) is 0. The number of rotatable bonds is 9. The minimum Gasteiger partial charge on any atom is -0.381 e. The Balaban J connectivity index is 3.65. The van der Waals surface area contributed by atoms with E-state index in [0.717, 1.165) is 12.8 Å². The quantitative estimate of drug-likeness (QED) is 0.533. The highest BCUT2D eigenvalue weighted by Crippen LogP contribution is 2.14. The van der Waals surface area contributed by atoms with Gasteiger partial charge in [0.15, 0.2) is 0 Å². The van der Waals surface area contributed by atoms with Gasteiger partial charge in [-0.1, -0.05) is 33.1 Å². The van der Waals surface area contributed by atoms with Crippen LogP contribution < -0.4 is 0 Å². The van der Waals surface area contributed by atoms with E-state index in [1.165, 1.54) is 25.7 Å². The number of ether oxygens (including phenoxy) is 2. The lowest BCUT2D eigenvalue weighted by atomic mass is 10.0. The van der Waals surface area contributed by atoms with Crippen LogP contribution in [0.5, 0.6) is 0 Å². The SMILES string of the molecule is CCCCCC(CC(CC)OC)OC. The molecule has 0 amide bonds. The van der Waals surface area contributed by atoms with Gasteiger partial charge >= 0.3 is 0 Å². The van der Waals surface area contributed by atoms with Crippen molar-refractivity contribution in [2.45, 2.75) is 64.6 Å². The Labute approximate surface area is 89.0 Å². The van der Waals surface area contributed by atoms with Gasteiger partial charge in [-0.3, -0.25) is 0 Å². The van der Waals surface area contributed by atoms with E-state index in [9.17, 15) is 0 Å². The molecule has 0 saturated heterocycles. The molecule has 0 aliphatic carbocycles. The van der Waals surface area contributed by atoms with Crippen molar-refractivity contribution in [1.29, 1.82) is 0 Å². The summed E-state index contributed by atoms with van der Waals surface area (Å²) in [5.41, 5.74) is 0. The zero-order valence-corrected chi connectivity index (χ0v) is 10.2. The first-order chi connectivity index (χ1) is 6.78. The van der Waals surface area contributed by atoms with Gasteiger partial charge in [0.2, 0.25) is 0 Å². The molecular weight excluding hydrogens is 176 g/mol. The van der Waals surface area contributed by atoms with Crippen molar-refractivity contribution in [3.05, 3.63) is 0 Å². The predicted octanol–water partition coefficient (Wildman–Crippen LogP) is 3.40. The van der Waals surface area contributed by atoms with Crippen LogP contribution >= 0.6 is 0 Å². The van der Waals surface area contributed by atoms with Crippen LogP contribution in [-0.4, -0.2) is 26.4 Å². The summed E-state index contributed by atoms with van der Waals surface area (Å²) in [7, 11) is 3.59. The number of unbranched alkanes of at least 4 members (excludes halogenated alkanes) is 2. The van der Waals surface area contributed by atoms with E-state index in [2.05, 4.69) is 13.8 Å². The number of hydrogen-bond donors (Lipinski definition) is 0. The van der Waals surface area contributed by atoms with Crippen LogP contribution in [0, 0.1) is 0 Å². The third-order valence-corrected chi connectivity index (χ3v) is 2.78. The van der Waals surface area contributed by atoms with Gasteiger partial charge in [-0.15, -0.1) is 0 Å². The summed E-state index contributed by atoms with van der Waals surface area (Å²) in [5, 5.41) is 0. The lowest BCUT2D eigenvalue weighted by Gasteiger charge is -2.20. The van der Waals surface area contributed by atoms with Gasteiger partial charge in [-0.2, -0.15) is 0 Å². The lowest BCUT2D eigenvalue weighted by Crippen LogP contribution is -2.20. The maximum absolute atomic E-state index is 5.45. The van der Waals surface area contributed by atoms with Gasteiger partial charge in [0.1, 0.15) is 0 Å². The molecule has 0 bridgehead atoms. The molecule has 0 aliphatic rings. The highest BCUT2D eigenvalue weighted by molar-refractivity contribution is 4.65. The third kappa shape index (κ3) is 6.39. The Hall–Kier alpha value is -0.0800. The molecule has 0 rings (SSSR count). The monoisotopic (exact) mass is 202 g/mol. The van der Waals surface area contributed by atoms with E-state index in [4.69, 9.17) is 9.47 Å². The first kappa shape index (κ1) is 13.9. The molecule has 0 aromatic rings. The Morgan fingerprint density at radius 3 is 2.00 bits per heavy atom. The van der Waals surface area contributed by atoms with Crippen molar-refractivity contribution in [3.63, 3.8) is 0 Å². The van der Waals surface area contributed by atoms with Crippen LogP contribution in [-0.2, 0) is 9.47 Å². The maximum atomic E-state index is 5.45. The van der Waals surface area contributed by atoms with Gasteiger partial charge in [0, 0.05) is 14.2 Å². The normalized spacial score (nSPS) is 15.4. The molecule has 0 aliphatic heterocycles. The van der Waals surface area contributed by atoms with Crippen LogP contribution in [0.4, 0.5) is 0 Å². The second-order valence-electron chi connectivity index (χ2n) is 3.86. The highest BCUT2D eigenvalue weighted by Gasteiger charge is 2.13. The van der Waals surface area contributed by atoms with Crippen molar-refractivity contribution in [2.75, 3.05) is 14.2 Å². The molecule has 86 valence electrons. The summed E-state index contributed by atoms with van der Waals surface area (Å²) in [6, 6.07) is 0. The van der Waals surface area contributed by atoms with E-state index in [-0.39, 0.29) is 0 Å². The summed E-state index contributed by atoms with van der Waals surface area (Å²) >= 11 is 0. The van der Waals surface area contributed by atoms with Crippen LogP contribution in [0.15, 0.2) is 0 Å². The average Bonchev–Trinajstić information content (AvgIpc) is 2.23. The van der Waals surface area contributed by atoms with E-state index < -0.39 is 0 Å². The molecule has 0 N–H and O–H groups in total. The lowest BCUT2D eigenvalue weighted by molar-refractivity contribution is 0.0164. The molecule has 0 aromatic heterocycles. The molecule has 0 saturated carbocycles. The fraction of sp³-hybridized carbons (Fsp3) is 1.00. The van der Waals surface area contributed by atoms with Crippen LogP contribution in [0.1, 0.15) is 52.4 Å². The topological polar surface area (TPSA) is 18.5 Å². The molecule has 0 fully saturated rings. The zero-order chi connectivity index (χ0) is 10.8. The molecule has 2 unspecified atom stereocenters. The van der Waals surface area contributed by atoms with Crippen molar-refractivity contribution in [2.24, 2.45) is 0 Å². The summed E-state index contributed by atoms with van der Waals surface area (Å²) in [6.45, 7) is 4.39. The van der Waals surface area contributed by atoms with Gasteiger partial charge in [0.05, 0.1) is 12.2 Å². The van der Waals surface area contributed by atoms with E-state index in [1.807, 2.05) is 0 Å². The molecule has 14 heavy (non-hydrogen) atoms. The zero-order valence-electron chi connectivity index (χ0n) is 10.2. The Morgan fingerprint density at radius 2 is 1.57 bits per heavy atom. The highest BCUT2D eigenvalue weighted by atomic mass is 16.5. The summed E-state index contributed by atoms with van der Waals surface area (Å²) in [4.78, 5) is 0. The van der Waals surface area contributed by atoms with Crippen molar-refractivity contribution < 1.29 is 9.47 Å². The molecule has 0 aromatic carbocycles. The standard InChI is InChI=1S/C12H26O2/c1-5-7-8-9-12(14-4)10-11(6-2)13-3/h11-12H,5-10H2,1-4H3. The maximum Gasteiger partial charge on any atom is 0.0596 e. The largest absolute Gasteiger partial charge is 0.381 e. The van der Waals surface area contributed by atoms with E-state index in [0.29, 0.717) is 12.2 Å². The first-order valence-corrected chi connectivity index (χ1v) is 5.84. The molecule has 2 nitrogen and oxygen atoms in total. The van der Waals surface area contributed by atoms with Gasteiger partial charge in [-0.05, 0) is 19.3 Å². The minimum atomic E-state index is 0.363. The molecule has 2 atom stereocenters. The van der Waals surface area contributed by atoms with Gasteiger partial charge in [-0.25, -0.2) is 0 Å². The molecule has 0 radical (unpaired) electrons. The van der Waals surface area contributed by atoms with E-state index >= 15 is 0 Å².